The second kappa shape index (κ2) is 5.47. The zero-order valence-corrected chi connectivity index (χ0v) is 11.7. The summed E-state index contributed by atoms with van der Waals surface area (Å²) < 4.78 is 11.1. The molecule has 102 valence electrons. The SMILES string of the molecule is CCc1ccc(-c2nc3ccccc3cc2COC)o1. The molecule has 3 rings (SSSR count). The van der Waals surface area contributed by atoms with Crippen LogP contribution in [0.3, 0.4) is 0 Å². The lowest BCUT2D eigenvalue weighted by atomic mass is 10.1. The number of hydrogen-bond donors (Lipinski definition) is 0. The molecule has 0 atom stereocenters. The predicted octanol–water partition coefficient (Wildman–Crippen LogP) is 4.20. The average Bonchev–Trinajstić information content (AvgIpc) is 2.95. The molecule has 0 radical (unpaired) electrons. The number of benzene rings is 1. The van der Waals surface area contributed by atoms with Crippen molar-refractivity contribution in [2.24, 2.45) is 0 Å². The molecule has 0 saturated heterocycles. The Morgan fingerprint density at radius 2 is 2.00 bits per heavy atom. The summed E-state index contributed by atoms with van der Waals surface area (Å²) in [7, 11) is 1.69. The van der Waals surface area contributed by atoms with Gasteiger partial charge in [-0.2, -0.15) is 0 Å². The van der Waals surface area contributed by atoms with E-state index in [1.165, 1.54) is 0 Å². The largest absolute Gasteiger partial charge is 0.459 e. The van der Waals surface area contributed by atoms with Crippen LogP contribution < -0.4 is 0 Å². The minimum atomic E-state index is 0.523. The number of aromatic nitrogens is 1. The van der Waals surface area contributed by atoms with Crippen molar-refractivity contribution in [1.82, 2.24) is 4.98 Å². The molecule has 0 fully saturated rings. The number of aryl methyl sites for hydroxylation is 1. The van der Waals surface area contributed by atoms with Crippen molar-refractivity contribution in [3.63, 3.8) is 0 Å². The molecule has 0 saturated carbocycles. The van der Waals surface area contributed by atoms with Gasteiger partial charge in [-0.05, 0) is 24.3 Å². The minimum Gasteiger partial charge on any atom is -0.459 e. The molecule has 0 amide bonds. The van der Waals surface area contributed by atoms with Crippen LogP contribution in [0.1, 0.15) is 18.2 Å². The van der Waals surface area contributed by atoms with Gasteiger partial charge in [0.2, 0.25) is 0 Å². The molecule has 0 spiro atoms. The molecular formula is C17H17NO2. The van der Waals surface area contributed by atoms with Crippen LogP contribution in [0.15, 0.2) is 46.9 Å². The third-order valence-corrected chi connectivity index (χ3v) is 3.35. The van der Waals surface area contributed by atoms with Crippen LogP contribution in [0, 0.1) is 0 Å². The molecule has 0 bridgehead atoms. The topological polar surface area (TPSA) is 35.3 Å². The van der Waals surface area contributed by atoms with Gasteiger partial charge in [0.1, 0.15) is 11.5 Å². The zero-order chi connectivity index (χ0) is 13.9. The van der Waals surface area contributed by atoms with Crippen LogP contribution >= 0.6 is 0 Å². The number of rotatable bonds is 4. The summed E-state index contributed by atoms with van der Waals surface area (Å²) in [4.78, 5) is 4.74. The van der Waals surface area contributed by atoms with E-state index in [-0.39, 0.29) is 0 Å². The number of ether oxygens (including phenoxy) is 1. The van der Waals surface area contributed by atoms with Crippen LogP contribution in [0.25, 0.3) is 22.4 Å². The minimum absolute atomic E-state index is 0.523. The molecule has 3 heteroatoms. The van der Waals surface area contributed by atoms with Crippen molar-refractivity contribution in [2.45, 2.75) is 20.0 Å². The van der Waals surface area contributed by atoms with Crippen molar-refractivity contribution in [2.75, 3.05) is 7.11 Å². The molecule has 3 aromatic rings. The van der Waals surface area contributed by atoms with Gasteiger partial charge >= 0.3 is 0 Å². The number of hydrogen-bond acceptors (Lipinski definition) is 3. The fourth-order valence-electron chi connectivity index (χ4n) is 2.33. The van der Waals surface area contributed by atoms with E-state index >= 15 is 0 Å². The Morgan fingerprint density at radius 3 is 2.75 bits per heavy atom. The van der Waals surface area contributed by atoms with Gasteiger partial charge in [0.15, 0.2) is 5.76 Å². The molecule has 0 aliphatic carbocycles. The van der Waals surface area contributed by atoms with E-state index in [0.717, 1.165) is 40.1 Å². The highest BCUT2D eigenvalue weighted by Gasteiger charge is 2.12. The number of pyridine rings is 1. The first-order valence-electron chi connectivity index (χ1n) is 6.78. The Kier molecular flexibility index (Phi) is 3.52. The summed E-state index contributed by atoms with van der Waals surface area (Å²) in [6.07, 6.45) is 0.882. The van der Waals surface area contributed by atoms with Crippen LogP contribution in [-0.4, -0.2) is 12.1 Å². The average molecular weight is 267 g/mol. The number of nitrogens with zero attached hydrogens (tertiary/aromatic N) is 1. The van der Waals surface area contributed by atoms with Crippen molar-refractivity contribution in [3.05, 3.63) is 53.8 Å². The van der Waals surface area contributed by atoms with Gasteiger partial charge in [-0.3, -0.25) is 0 Å². The molecule has 0 aliphatic rings. The highest BCUT2D eigenvalue weighted by atomic mass is 16.5. The molecule has 2 heterocycles. The van der Waals surface area contributed by atoms with E-state index in [2.05, 4.69) is 19.1 Å². The quantitative estimate of drug-likeness (QED) is 0.710. The summed E-state index contributed by atoms with van der Waals surface area (Å²) in [5.41, 5.74) is 2.88. The van der Waals surface area contributed by atoms with Gasteiger partial charge < -0.3 is 9.15 Å². The lowest BCUT2D eigenvalue weighted by Crippen LogP contribution is -1.95. The molecule has 0 unspecified atom stereocenters. The number of fused-ring (bicyclic) bond motifs is 1. The van der Waals surface area contributed by atoms with Gasteiger partial charge in [0.25, 0.3) is 0 Å². The Balaban J connectivity index is 2.18. The highest BCUT2D eigenvalue weighted by molar-refractivity contribution is 5.82. The third kappa shape index (κ3) is 2.32. The van der Waals surface area contributed by atoms with Gasteiger partial charge in [-0.1, -0.05) is 25.1 Å². The molecular weight excluding hydrogens is 250 g/mol. The molecule has 2 aromatic heterocycles. The number of para-hydroxylation sites is 1. The van der Waals surface area contributed by atoms with Crippen molar-refractivity contribution in [1.29, 1.82) is 0 Å². The smallest absolute Gasteiger partial charge is 0.153 e. The number of methoxy groups -OCH3 is 1. The Bertz CT molecular complexity index is 731. The first-order chi connectivity index (χ1) is 9.81. The normalized spacial score (nSPS) is 11.1. The van der Waals surface area contributed by atoms with E-state index in [0.29, 0.717) is 6.61 Å². The summed E-state index contributed by atoms with van der Waals surface area (Å²) >= 11 is 0. The maximum absolute atomic E-state index is 5.84. The standard InChI is InChI=1S/C17H17NO2/c1-3-14-8-9-16(20-14)17-13(11-19-2)10-12-6-4-5-7-15(12)18-17/h4-10H,3,11H2,1-2H3. The summed E-state index contributed by atoms with van der Waals surface area (Å²) in [6, 6.07) is 14.2. The Morgan fingerprint density at radius 1 is 1.15 bits per heavy atom. The maximum atomic E-state index is 5.84. The van der Waals surface area contributed by atoms with E-state index in [1.807, 2.05) is 30.3 Å². The van der Waals surface area contributed by atoms with Crippen LogP contribution in [0.2, 0.25) is 0 Å². The van der Waals surface area contributed by atoms with Crippen molar-refractivity contribution in [3.8, 4) is 11.5 Å². The summed E-state index contributed by atoms with van der Waals surface area (Å²) in [5, 5.41) is 1.12. The molecule has 20 heavy (non-hydrogen) atoms. The monoisotopic (exact) mass is 267 g/mol. The molecule has 0 aliphatic heterocycles. The third-order valence-electron chi connectivity index (χ3n) is 3.35. The van der Waals surface area contributed by atoms with Crippen molar-refractivity contribution >= 4 is 10.9 Å². The fourth-order valence-corrected chi connectivity index (χ4v) is 2.33. The van der Waals surface area contributed by atoms with Crippen LogP contribution in [0.5, 0.6) is 0 Å². The molecule has 0 N–H and O–H groups in total. The van der Waals surface area contributed by atoms with E-state index in [9.17, 15) is 0 Å². The highest BCUT2D eigenvalue weighted by Crippen LogP contribution is 2.28. The predicted molar refractivity (Wildman–Crippen MR) is 79.5 cm³/mol. The number of furan rings is 1. The van der Waals surface area contributed by atoms with Gasteiger partial charge in [0, 0.05) is 24.5 Å². The first kappa shape index (κ1) is 12.9. The van der Waals surface area contributed by atoms with Crippen molar-refractivity contribution < 1.29 is 9.15 Å². The lowest BCUT2D eigenvalue weighted by Gasteiger charge is -2.08. The first-order valence-corrected chi connectivity index (χ1v) is 6.78. The van der Waals surface area contributed by atoms with E-state index in [4.69, 9.17) is 14.1 Å². The van der Waals surface area contributed by atoms with Crippen LogP contribution in [0.4, 0.5) is 0 Å². The van der Waals surface area contributed by atoms with E-state index in [1.54, 1.807) is 7.11 Å². The van der Waals surface area contributed by atoms with Gasteiger partial charge in [0.05, 0.1) is 12.1 Å². The Hall–Kier alpha value is -2.13. The second-order valence-electron chi connectivity index (χ2n) is 4.74. The summed E-state index contributed by atoms with van der Waals surface area (Å²) in [6.45, 7) is 2.60. The molecule has 3 nitrogen and oxygen atoms in total. The Labute approximate surface area is 118 Å². The lowest BCUT2D eigenvalue weighted by molar-refractivity contribution is 0.185. The van der Waals surface area contributed by atoms with Gasteiger partial charge in [-0.25, -0.2) is 4.98 Å². The second-order valence-corrected chi connectivity index (χ2v) is 4.74. The summed E-state index contributed by atoms with van der Waals surface area (Å²) in [5.74, 6) is 1.78. The van der Waals surface area contributed by atoms with Crippen LogP contribution in [-0.2, 0) is 17.8 Å². The maximum Gasteiger partial charge on any atom is 0.153 e. The van der Waals surface area contributed by atoms with Gasteiger partial charge in [-0.15, -0.1) is 0 Å². The zero-order valence-electron chi connectivity index (χ0n) is 11.7. The van der Waals surface area contributed by atoms with E-state index < -0.39 is 0 Å². The fraction of sp³-hybridized carbons (Fsp3) is 0.235. The molecule has 1 aromatic carbocycles.